The summed E-state index contributed by atoms with van der Waals surface area (Å²) in [6, 6.07) is 2.02. The summed E-state index contributed by atoms with van der Waals surface area (Å²) in [5.41, 5.74) is 5.70. The molecule has 0 bridgehead atoms. The van der Waals surface area contributed by atoms with Crippen molar-refractivity contribution in [1.29, 1.82) is 5.26 Å². The van der Waals surface area contributed by atoms with Gasteiger partial charge in [0.15, 0.2) is 0 Å². The van der Waals surface area contributed by atoms with E-state index in [0.29, 0.717) is 0 Å². The molecule has 0 atom stereocenters. The smallest absolute Gasteiger partial charge is 0.298 e. The van der Waals surface area contributed by atoms with Crippen molar-refractivity contribution in [3.63, 3.8) is 0 Å². The van der Waals surface area contributed by atoms with Gasteiger partial charge in [0.25, 0.3) is 5.91 Å². The van der Waals surface area contributed by atoms with Crippen LogP contribution in [0.1, 0.15) is 26.7 Å². The van der Waals surface area contributed by atoms with E-state index in [-0.39, 0.29) is 11.9 Å². The van der Waals surface area contributed by atoms with Crippen molar-refractivity contribution in [2.75, 3.05) is 13.1 Å². The van der Waals surface area contributed by atoms with Crippen LogP contribution in [0, 0.1) is 23.2 Å². The van der Waals surface area contributed by atoms with E-state index in [1.165, 1.54) is 6.92 Å². The largest absolute Gasteiger partial charge is 0.332 e. The van der Waals surface area contributed by atoms with Crippen molar-refractivity contribution in [3.8, 4) is 17.9 Å². The summed E-state index contributed by atoms with van der Waals surface area (Å²) in [4.78, 5) is 13.0. The van der Waals surface area contributed by atoms with Gasteiger partial charge in [-0.05, 0) is 25.7 Å². The molecule has 0 aliphatic carbocycles. The zero-order valence-electron chi connectivity index (χ0n) is 9.29. The van der Waals surface area contributed by atoms with Gasteiger partial charge in [-0.2, -0.15) is 5.26 Å². The molecule has 82 valence electrons. The fraction of sp³-hybridized carbons (Fsp3) is 0.636. The van der Waals surface area contributed by atoms with Gasteiger partial charge in [-0.25, -0.2) is 0 Å². The van der Waals surface area contributed by atoms with Crippen molar-refractivity contribution in [2.24, 2.45) is 5.73 Å². The standard InChI is InChI=1S/C9H14N2O.C2H3N/c1-2-3-9(12)11-6-4-8(10)5-7-11;1-2-3/h8H,4-7,10H2,1H3;1H3. The molecule has 4 nitrogen and oxygen atoms in total. The number of nitrogens with two attached hydrogens (primary N) is 1. The molecule has 1 fully saturated rings. The second-order valence-corrected chi connectivity index (χ2v) is 3.23. The van der Waals surface area contributed by atoms with E-state index in [1.807, 2.05) is 0 Å². The summed E-state index contributed by atoms with van der Waals surface area (Å²) in [6.07, 6.45) is 1.80. The molecule has 1 heterocycles. The molecule has 1 amide bonds. The van der Waals surface area contributed by atoms with Crippen molar-refractivity contribution >= 4 is 5.91 Å². The van der Waals surface area contributed by atoms with Gasteiger partial charge in [-0.3, -0.25) is 4.79 Å². The van der Waals surface area contributed by atoms with Crippen LogP contribution in [-0.4, -0.2) is 29.9 Å². The molecule has 0 unspecified atom stereocenters. The lowest BCUT2D eigenvalue weighted by Crippen LogP contribution is -2.42. The molecule has 2 N–H and O–H groups in total. The van der Waals surface area contributed by atoms with Crippen LogP contribution in [0.3, 0.4) is 0 Å². The van der Waals surface area contributed by atoms with Crippen LogP contribution in [-0.2, 0) is 4.79 Å². The zero-order chi connectivity index (χ0) is 11.7. The Kier molecular flexibility index (Phi) is 7.05. The van der Waals surface area contributed by atoms with E-state index >= 15 is 0 Å². The van der Waals surface area contributed by atoms with E-state index in [2.05, 4.69) is 11.8 Å². The molecule has 0 radical (unpaired) electrons. The molecule has 0 aromatic rings. The molecular formula is C11H17N3O. The topological polar surface area (TPSA) is 70.1 Å². The van der Waals surface area contributed by atoms with E-state index in [0.717, 1.165) is 25.9 Å². The maximum atomic E-state index is 11.2. The first-order chi connectivity index (χ1) is 7.15. The molecule has 1 aliphatic heterocycles. The predicted octanol–water partition coefficient (Wildman–Crippen LogP) is 0.489. The second kappa shape index (κ2) is 7.84. The third-order valence-electron chi connectivity index (χ3n) is 2.06. The summed E-state index contributed by atoms with van der Waals surface area (Å²) in [7, 11) is 0. The number of hydrogen-bond acceptors (Lipinski definition) is 3. The first-order valence-corrected chi connectivity index (χ1v) is 4.93. The minimum atomic E-state index is -0.0654. The molecule has 0 saturated carbocycles. The Labute approximate surface area is 91.0 Å². The van der Waals surface area contributed by atoms with E-state index in [4.69, 9.17) is 11.0 Å². The highest BCUT2D eigenvalue weighted by atomic mass is 16.2. The van der Waals surface area contributed by atoms with Crippen LogP contribution in [0.4, 0.5) is 0 Å². The Hall–Kier alpha value is -1.52. The molecule has 15 heavy (non-hydrogen) atoms. The average molecular weight is 207 g/mol. The Morgan fingerprint density at radius 3 is 2.27 bits per heavy atom. The van der Waals surface area contributed by atoms with Crippen LogP contribution in [0.15, 0.2) is 0 Å². The van der Waals surface area contributed by atoms with Crippen LogP contribution >= 0.6 is 0 Å². The van der Waals surface area contributed by atoms with Crippen molar-refractivity contribution in [3.05, 3.63) is 0 Å². The molecule has 1 saturated heterocycles. The van der Waals surface area contributed by atoms with Gasteiger partial charge < -0.3 is 10.6 Å². The van der Waals surface area contributed by atoms with Gasteiger partial charge in [0, 0.05) is 26.1 Å². The van der Waals surface area contributed by atoms with E-state index < -0.39 is 0 Å². The van der Waals surface area contributed by atoms with Crippen LogP contribution < -0.4 is 5.73 Å². The lowest BCUT2D eigenvalue weighted by atomic mass is 10.1. The number of rotatable bonds is 0. The maximum Gasteiger partial charge on any atom is 0.298 e. The SMILES string of the molecule is CC#CC(=O)N1CCC(N)CC1.CC#N. The highest BCUT2D eigenvalue weighted by molar-refractivity contribution is 5.93. The molecule has 0 aromatic carbocycles. The Morgan fingerprint density at radius 2 is 1.87 bits per heavy atom. The molecule has 0 aromatic heterocycles. The molecule has 4 heteroatoms. The summed E-state index contributed by atoms with van der Waals surface area (Å²) >= 11 is 0. The van der Waals surface area contributed by atoms with Crippen LogP contribution in [0.2, 0.25) is 0 Å². The lowest BCUT2D eigenvalue weighted by Gasteiger charge is -2.28. The summed E-state index contributed by atoms with van der Waals surface area (Å²) in [6.45, 7) is 4.62. The minimum absolute atomic E-state index is 0.0654. The van der Waals surface area contributed by atoms with Crippen molar-refractivity contribution < 1.29 is 4.79 Å². The van der Waals surface area contributed by atoms with Crippen molar-refractivity contribution in [2.45, 2.75) is 32.7 Å². The minimum Gasteiger partial charge on any atom is -0.332 e. The number of nitrogens with zero attached hydrogens (tertiary/aromatic N) is 2. The number of amides is 1. The number of likely N-dealkylation sites (tertiary alicyclic amines) is 1. The zero-order valence-corrected chi connectivity index (χ0v) is 9.29. The van der Waals surface area contributed by atoms with E-state index in [9.17, 15) is 4.79 Å². The van der Waals surface area contributed by atoms with Crippen molar-refractivity contribution in [1.82, 2.24) is 4.90 Å². The lowest BCUT2D eigenvalue weighted by molar-refractivity contribution is -0.126. The number of piperidine rings is 1. The van der Waals surface area contributed by atoms with Crippen LogP contribution in [0.5, 0.6) is 0 Å². The number of carbonyl (C=O) groups is 1. The summed E-state index contributed by atoms with van der Waals surface area (Å²) < 4.78 is 0. The molecule has 1 rings (SSSR count). The summed E-state index contributed by atoms with van der Waals surface area (Å²) in [5, 5.41) is 7.32. The number of nitriles is 1. The quantitative estimate of drug-likeness (QED) is 0.588. The third kappa shape index (κ3) is 5.72. The number of hydrogen-bond donors (Lipinski definition) is 1. The Bertz CT molecular complexity index is 287. The van der Waals surface area contributed by atoms with Gasteiger partial charge in [0.05, 0.1) is 6.07 Å². The van der Waals surface area contributed by atoms with Gasteiger partial charge in [0.1, 0.15) is 0 Å². The van der Waals surface area contributed by atoms with Gasteiger partial charge in [-0.15, -0.1) is 0 Å². The third-order valence-corrected chi connectivity index (χ3v) is 2.06. The monoisotopic (exact) mass is 207 g/mol. The average Bonchev–Trinajstić information content (AvgIpc) is 2.20. The van der Waals surface area contributed by atoms with E-state index in [1.54, 1.807) is 17.9 Å². The number of carbonyl (C=O) groups excluding carboxylic acids is 1. The molecular weight excluding hydrogens is 190 g/mol. The van der Waals surface area contributed by atoms with Gasteiger partial charge >= 0.3 is 0 Å². The maximum absolute atomic E-state index is 11.2. The summed E-state index contributed by atoms with van der Waals surface area (Å²) in [5.74, 6) is 5.06. The highest BCUT2D eigenvalue weighted by Crippen LogP contribution is 2.07. The first-order valence-electron chi connectivity index (χ1n) is 4.93. The predicted molar refractivity (Wildman–Crippen MR) is 58.5 cm³/mol. The fourth-order valence-electron chi connectivity index (χ4n) is 1.29. The molecule has 0 spiro atoms. The highest BCUT2D eigenvalue weighted by Gasteiger charge is 2.18. The molecule has 1 aliphatic rings. The van der Waals surface area contributed by atoms with Gasteiger partial charge in [0.2, 0.25) is 0 Å². The van der Waals surface area contributed by atoms with Crippen LogP contribution in [0.25, 0.3) is 0 Å². The Balaban J connectivity index is 0.000000583. The first kappa shape index (κ1) is 13.5. The van der Waals surface area contributed by atoms with Gasteiger partial charge in [-0.1, -0.05) is 5.92 Å². The Morgan fingerprint density at radius 1 is 1.40 bits per heavy atom. The normalized spacial score (nSPS) is 15.2. The second-order valence-electron chi connectivity index (χ2n) is 3.23. The fourth-order valence-corrected chi connectivity index (χ4v) is 1.29.